The van der Waals surface area contributed by atoms with E-state index in [2.05, 4.69) is 29.8 Å². The highest BCUT2D eigenvalue weighted by atomic mass is 32.1. The topological polar surface area (TPSA) is 32.3 Å². The van der Waals surface area contributed by atoms with Crippen LogP contribution in [0.4, 0.5) is 10.5 Å². The Balaban J connectivity index is 1.70. The fraction of sp³-hybridized carbons (Fsp3) is 0.167. The van der Waals surface area contributed by atoms with E-state index < -0.39 is 0 Å². The summed E-state index contributed by atoms with van der Waals surface area (Å²) in [7, 11) is 1.82. The van der Waals surface area contributed by atoms with E-state index in [0.717, 1.165) is 11.1 Å². The molecule has 0 saturated carbocycles. The zero-order valence-corrected chi connectivity index (χ0v) is 13.5. The van der Waals surface area contributed by atoms with Crippen molar-refractivity contribution in [1.29, 1.82) is 0 Å². The van der Waals surface area contributed by atoms with Gasteiger partial charge in [-0.3, -0.25) is 0 Å². The van der Waals surface area contributed by atoms with Crippen molar-refractivity contribution in [3.8, 4) is 0 Å². The molecule has 0 fully saturated rings. The Hall–Kier alpha value is -2.33. The van der Waals surface area contributed by atoms with Gasteiger partial charge < -0.3 is 10.2 Å². The van der Waals surface area contributed by atoms with Crippen LogP contribution in [0.1, 0.15) is 10.4 Å². The summed E-state index contributed by atoms with van der Waals surface area (Å²) in [6, 6.07) is 16.1. The van der Waals surface area contributed by atoms with E-state index in [4.69, 9.17) is 0 Å². The van der Waals surface area contributed by atoms with Crippen molar-refractivity contribution in [2.75, 3.05) is 12.4 Å². The molecule has 112 valence electrons. The quantitative estimate of drug-likeness (QED) is 0.735. The molecule has 0 aliphatic rings. The number of nitrogens with zero attached hydrogens (tertiary/aromatic N) is 1. The Bertz CT molecular complexity index is 809. The molecular formula is C18H18N2OS. The summed E-state index contributed by atoms with van der Waals surface area (Å²) in [5, 5.41) is 7.30. The second-order valence-electron chi connectivity index (χ2n) is 5.37. The Morgan fingerprint density at radius 1 is 1.14 bits per heavy atom. The number of urea groups is 1. The number of anilines is 1. The van der Waals surface area contributed by atoms with Gasteiger partial charge >= 0.3 is 6.03 Å². The minimum Gasteiger partial charge on any atom is -0.322 e. The average Bonchev–Trinajstić information content (AvgIpc) is 2.92. The average molecular weight is 310 g/mol. The van der Waals surface area contributed by atoms with Crippen molar-refractivity contribution in [2.45, 2.75) is 13.5 Å². The van der Waals surface area contributed by atoms with E-state index in [9.17, 15) is 4.79 Å². The molecule has 0 unspecified atom stereocenters. The molecule has 1 aromatic heterocycles. The van der Waals surface area contributed by atoms with Crippen LogP contribution in [0.3, 0.4) is 0 Å². The number of carbonyl (C=O) groups excluding carboxylic acids is 1. The highest BCUT2D eigenvalue weighted by Gasteiger charge is 2.11. The number of nitrogens with one attached hydrogen (secondary N) is 1. The second-order valence-corrected chi connectivity index (χ2v) is 6.38. The first kappa shape index (κ1) is 14.6. The highest BCUT2D eigenvalue weighted by Crippen LogP contribution is 2.20. The number of hydrogen-bond donors (Lipinski definition) is 1. The Morgan fingerprint density at radius 3 is 2.64 bits per heavy atom. The van der Waals surface area contributed by atoms with Gasteiger partial charge in [0, 0.05) is 17.6 Å². The van der Waals surface area contributed by atoms with E-state index in [0.29, 0.717) is 6.54 Å². The van der Waals surface area contributed by atoms with Gasteiger partial charge in [-0.15, -0.1) is 11.3 Å². The first-order valence-corrected chi connectivity index (χ1v) is 8.05. The maximum atomic E-state index is 12.3. The van der Waals surface area contributed by atoms with Gasteiger partial charge in [-0.25, -0.2) is 4.79 Å². The van der Waals surface area contributed by atoms with Gasteiger partial charge in [0.1, 0.15) is 0 Å². The summed E-state index contributed by atoms with van der Waals surface area (Å²) in [5.74, 6) is 0. The summed E-state index contributed by atoms with van der Waals surface area (Å²) in [6.07, 6.45) is 0. The third-order valence-electron chi connectivity index (χ3n) is 3.70. The Labute approximate surface area is 134 Å². The first-order valence-electron chi connectivity index (χ1n) is 7.17. The Morgan fingerprint density at radius 2 is 1.91 bits per heavy atom. The van der Waals surface area contributed by atoms with Gasteiger partial charge in [0.15, 0.2) is 0 Å². The summed E-state index contributed by atoms with van der Waals surface area (Å²) in [5.41, 5.74) is 2.05. The molecule has 0 radical (unpaired) electrons. The third-order valence-corrected chi connectivity index (χ3v) is 4.70. The van der Waals surface area contributed by atoms with Crippen LogP contribution < -0.4 is 5.32 Å². The molecule has 4 heteroatoms. The molecule has 3 aromatic rings. The predicted molar refractivity (Wildman–Crippen MR) is 93.5 cm³/mol. The van der Waals surface area contributed by atoms with Crippen molar-refractivity contribution in [1.82, 2.24) is 4.90 Å². The van der Waals surface area contributed by atoms with Crippen LogP contribution in [0.5, 0.6) is 0 Å². The minimum atomic E-state index is -0.0944. The van der Waals surface area contributed by atoms with Gasteiger partial charge in [-0.1, -0.05) is 30.3 Å². The lowest BCUT2D eigenvalue weighted by atomic mass is 10.1. The van der Waals surface area contributed by atoms with Crippen molar-refractivity contribution >= 4 is 33.8 Å². The Kier molecular flexibility index (Phi) is 4.11. The number of aryl methyl sites for hydroxylation is 1. The van der Waals surface area contributed by atoms with Crippen LogP contribution in [-0.2, 0) is 6.54 Å². The molecule has 1 N–H and O–H groups in total. The van der Waals surface area contributed by atoms with Gasteiger partial charge in [0.25, 0.3) is 0 Å². The van der Waals surface area contributed by atoms with Crippen molar-refractivity contribution in [2.24, 2.45) is 0 Å². The van der Waals surface area contributed by atoms with Crippen LogP contribution in [0.15, 0.2) is 53.9 Å². The minimum absolute atomic E-state index is 0.0944. The zero-order chi connectivity index (χ0) is 15.5. The summed E-state index contributed by atoms with van der Waals surface area (Å²) in [6.45, 7) is 2.70. The lowest BCUT2D eigenvalue weighted by Gasteiger charge is -2.18. The van der Waals surface area contributed by atoms with E-state index >= 15 is 0 Å². The van der Waals surface area contributed by atoms with Gasteiger partial charge in [-0.2, -0.15) is 0 Å². The maximum absolute atomic E-state index is 12.3. The molecule has 0 bridgehead atoms. The van der Waals surface area contributed by atoms with Gasteiger partial charge in [0.2, 0.25) is 0 Å². The molecule has 0 atom stereocenters. The molecule has 0 aliphatic carbocycles. The normalized spacial score (nSPS) is 10.6. The molecule has 22 heavy (non-hydrogen) atoms. The lowest BCUT2D eigenvalue weighted by Crippen LogP contribution is -2.30. The van der Waals surface area contributed by atoms with E-state index in [-0.39, 0.29) is 6.03 Å². The number of rotatable bonds is 3. The standard InChI is InChI=1S/C18H18N2OS/c1-13-9-10-22-17(13)12-20(2)18(21)19-16-8-7-14-5-3-4-6-15(14)11-16/h3-11H,12H2,1-2H3,(H,19,21). The first-order chi connectivity index (χ1) is 10.6. The fourth-order valence-electron chi connectivity index (χ4n) is 2.34. The third kappa shape index (κ3) is 3.12. The zero-order valence-electron chi connectivity index (χ0n) is 12.7. The summed E-state index contributed by atoms with van der Waals surface area (Å²) in [4.78, 5) is 15.2. The number of thiophene rings is 1. The molecule has 0 saturated heterocycles. The van der Waals surface area contributed by atoms with E-state index in [1.165, 1.54) is 15.8 Å². The number of benzene rings is 2. The van der Waals surface area contributed by atoms with Crippen molar-refractivity contribution < 1.29 is 4.79 Å². The van der Waals surface area contributed by atoms with Crippen LogP contribution in [0.2, 0.25) is 0 Å². The van der Waals surface area contributed by atoms with Gasteiger partial charge in [0.05, 0.1) is 6.54 Å². The summed E-state index contributed by atoms with van der Waals surface area (Å²) < 4.78 is 0. The van der Waals surface area contributed by atoms with E-state index in [1.54, 1.807) is 16.2 Å². The molecule has 3 nitrogen and oxygen atoms in total. The second kappa shape index (κ2) is 6.20. The molecule has 0 aliphatic heterocycles. The fourth-order valence-corrected chi connectivity index (χ4v) is 3.30. The highest BCUT2D eigenvalue weighted by molar-refractivity contribution is 7.10. The predicted octanol–water partition coefficient (Wildman–Crippen LogP) is 4.87. The van der Waals surface area contributed by atoms with Crippen molar-refractivity contribution in [3.63, 3.8) is 0 Å². The number of amides is 2. The number of hydrogen-bond acceptors (Lipinski definition) is 2. The molecule has 3 rings (SSSR count). The van der Waals surface area contributed by atoms with Crippen LogP contribution in [-0.4, -0.2) is 18.0 Å². The van der Waals surface area contributed by atoms with Crippen molar-refractivity contribution in [3.05, 3.63) is 64.4 Å². The van der Waals surface area contributed by atoms with E-state index in [1.807, 2.05) is 43.4 Å². The molecular weight excluding hydrogens is 292 g/mol. The summed E-state index contributed by atoms with van der Waals surface area (Å²) >= 11 is 1.68. The molecule has 2 amide bonds. The van der Waals surface area contributed by atoms with Crippen LogP contribution >= 0.6 is 11.3 Å². The lowest BCUT2D eigenvalue weighted by molar-refractivity contribution is 0.221. The molecule has 2 aromatic carbocycles. The smallest absolute Gasteiger partial charge is 0.321 e. The SMILES string of the molecule is Cc1ccsc1CN(C)C(=O)Nc1ccc2ccccc2c1. The van der Waals surface area contributed by atoms with Crippen LogP contribution in [0, 0.1) is 6.92 Å². The molecule has 1 heterocycles. The van der Waals surface area contributed by atoms with Crippen LogP contribution in [0.25, 0.3) is 10.8 Å². The number of fused-ring (bicyclic) bond motifs is 1. The monoisotopic (exact) mass is 310 g/mol. The maximum Gasteiger partial charge on any atom is 0.321 e. The number of carbonyl (C=O) groups is 1. The van der Waals surface area contributed by atoms with Gasteiger partial charge in [-0.05, 0) is 46.8 Å². The molecule has 0 spiro atoms. The largest absolute Gasteiger partial charge is 0.322 e.